The van der Waals surface area contributed by atoms with E-state index >= 15 is 0 Å². The van der Waals surface area contributed by atoms with Crippen LogP contribution in [0.5, 0.6) is 17.2 Å². The second-order valence-electron chi connectivity index (χ2n) is 6.00. The lowest BCUT2D eigenvalue weighted by Gasteiger charge is -2.25. The molecule has 1 aliphatic heterocycles. The molecule has 9 heteroatoms. The van der Waals surface area contributed by atoms with Crippen molar-refractivity contribution in [3.05, 3.63) is 99.8 Å². The van der Waals surface area contributed by atoms with Gasteiger partial charge in [0.05, 0.1) is 6.08 Å². The van der Waals surface area contributed by atoms with Gasteiger partial charge in [-0.1, -0.05) is 58.1 Å². The predicted octanol–water partition coefficient (Wildman–Crippen LogP) is 6.07. The quantitative estimate of drug-likeness (QED) is 0.498. The molecule has 0 radical (unpaired) electrons. The number of hydrogen-bond acceptors (Lipinski definition) is 6. The third-order valence-electron chi connectivity index (χ3n) is 3.68. The molecule has 1 N–H and O–H groups in total. The Morgan fingerprint density at radius 2 is 1.23 bits per heavy atom. The molecule has 4 rings (SSSR count). The van der Waals surface area contributed by atoms with Gasteiger partial charge in [0.25, 0.3) is 0 Å². The van der Waals surface area contributed by atoms with E-state index in [1.54, 1.807) is 78.9 Å². The van der Waals surface area contributed by atoms with Gasteiger partial charge in [-0.25, -0.2) is 5.43 Å². The van der Waals surface area contributed by atoms with Gasteiger partial charge in [-0.3, -0.25) is 0 Å². The van der Waals surface area contributed by atoms with Crippen molar-refractivity contribution < 1.29 is 14.3 Å². The van der Waals surface area contributed by atoms with Crippen molar-refractivity contribution in [1.82, 2.24) is 10.7 Å². The van der Waals surface area contributed by atoms with Crippen molar-refractivity contribution >= 4 is 40.7 Å². The summed E-state index contributed by atoms with van der Waals surface area (Å²) in [5.74, 6) is 1.99. The van der Waals surface area contributed by atoms with Crippen LogP contribution in [0.1, 0.15) is 0 Å². The van der Waals surface area contributed by atoms with Crippen LogP contribution in [0.2, 0.25) is 15.1 Å². The Labute approximate surface area is 187 Å². The standard InChI is InChI=1S/C21H14Cl3N3O3/c22-14-4-1-7-17(10-14)28-20-13-21(29-18-8-2-5-15(23)11-18)26-27(25-20)30-19-9-3-6-16(24)12-19/h1-13,25H. The number of hydrazine groups is 1. The molecule has 0 bridgehead atoms. The summed E-state index contributed by atoms with van der Waals surface area (Å²) >= 11 is 18.1. The molecule has 0 aliphatic carbocycles. The smallest absolute Gasteiger partial charge is 0.247 e. The number of benzene rings is 3. The van der Waals surface area contributed by atoms with E-state index in [1.165, 1.54) is 0 Å². The highest BCUT2D eigenvalue weighted by atomic mass is 35.5. The molecule has 0 saturated carbocycles. The lowest BCUT2D eigenvalue weighted by Crippen LogP contribution is -2.42. The Morgan fingerprint density at radius 3 is 1.83 bits per heavy atom. The van der Waals surface area contributed by atoms with E-state index in [9.17, 15) is 0 Å². The van der Waals surface area contributed by atoms with Gasteiger partial charge in [-0.05, 0) is 53.8 Å². The fourth-order valence-electron chi connectivity index (χ4n) is 2.46. The van der Waals surface area contributed by atoms with Crippen LogP contribution >= 0.6 is 34.8 Å². The summed E-state index contributed by atoms with van der Waals surface area (Å²) in [6.07, 6.45) is 1.57. The maximum Gasteiger partial charge on any atom is 0.247 e. The van der Waals surface area contributed by atoms with Crippen LogP contribution in [0.15, 0.2) is 89.9 Å². The van der Waals surface area contributed by atoms with Crippen LogP contribution in [0, 0.1) is 0 Å². The van der Waals surface area contributed by atoms with Crippen LogP contribution in [0.3, 0.4) is 0 Å². The molecule has 0 aromatic heterocycles. The number of hydrazone groups is 1. The van der Waals surface area contributed by atoms with E-state index < -0.39 is 0 Å². The molecule has 0 fully saturated rings. The van der Waals surface area contributed by atoms with Crippen molar-refractivity contribution in [1.29, 1.82) is 0 Å². The fourth-order valence-corrected chi connectivity index (χ4v) is 3.00. The first-order valence-electron chi connectivity index (χ1n) is 8.71. The molecule has 1 heterocycles. The highest BCUT2D eigenvalue weighted by Crippen LogP contribution is 2.23. The molecule has 30 heavy (non-hydrogen) atoms. The molecule has 3 aromatic carbocycles. The first kappa shape index (κ1) is 20.2. The zero-order chi connectivity index (χ0) is 20.9. The molecule has 0 spiro atoms. The molecule has 152 valence electrons. The van der Waals surface area contributed by atoms with E-state index in [1.807, 2.05) is 0 Å². The minimum Gasteiger partial charge on any atom is -0.439 e. The minimum absolute atomic E-state index is 0.204. The molecule has 3 aromatic rings. The van der Waals surface area contributed by atoms with Crippen LogP contribution in [0.4, 0.5) is 0 Å². The lowest BCUT2D eigenvalue weighted by molar-refractivity contribution is -0.107. The number of hydrogen-bond donors (Lipinski definition) is 1. The number of nitrogens with zero attached hydrogens (tertiary/aromatic N) is 2. The summed E-state index contributed by atoms with van der Waals surface area (Å²) in [5, 5.41) is 6.97. The Kier molecular flexibility index (Phi) is 6.18. The van der Waals surface area contributed by atoms with Gasteiger partial charge >= 0.3 is 0 Å². The Bertz CT molecular complexity index is 1120. The molecule has 0 unspecified atom stereocenters. The van der Waals surface area contributed by atoms with Crippen molar-refractivity contribution in [2.24, 2.45) is 5.10 Å². The Hall–Kier alpha value is -3.06. The number of nitrogens with one attached hydrogen (secondary N) is 1. The SMILES string of the molecule is Clc1cccc(OC2=CC(Oc3cccc(Cl)c3)=NN(Oc3cccc(Cl)c3)N2)c1. The number of halogens is 3. The molecule has 0 atom stereocenters. The maximum atomic E-state index is 6.04. The van der Waals surface area contributed by atoms with Gasteiger partial charge in [0.1, 0.15) is 11.5 Å². The predicted molar refractivity (Wildman–Crippen MR) is 117 cm³/mol. The average Bonchev–Trinajstić information content (AvgIpc) is 2.68. The fraction of sp³-hybridized carbons (Fsp3) is 0. The van der Waals surface area contributed by atoms with Crippen LogP contribution in [0.25, 0.3) is 0 Å². The topological polar surface area (TPSA) is 55.3 Å². The molecular weight excluding hydrogens is 449 g/mol. The maximum absolute atomic E-state index is 6.04. The summed E-state index contributed by atoms with van der Waals surface area (Å²) in [6.45, 7) is 0. The largest absolute Gasteiger partial charge is 0.439 e. The first-order chi connectivity index (χ1) is 14.5. The van der Waals surface area contributed by atoms with Gasteiger partial charge < -0.3 is 14.3 Å². The van der Waals surface area contributed by atoms with E-state index in [4.69, 9.17) is 49.1 Å². The van der Waals surface area contributed by atoms with E-state index in [2.05, 4.69) is 10.5 Å². The van der Waals surface area contributed by atoms with Crippen molar-refractivity contribution in [3.8, 4) is 17.2 Å². The zero-order valence-corrected chi connectivity index (χ0v) is 17.5. The molecule has 0 saturated heterocycles. The lowest BCUT2D eigenvalue weighted by atomic mass is 10.3. The summed E-state index contributed by atoms with van der Waals surface area (Å²) in [5.41, 5.74) is 2.89. The van der Waals surface area contributed by atoms with Gasteiger partial charge in [0.15, 0.2) is 5.75 Å². The van der Waals surface area contributed by atoms with Crippen LogP contribution in [-0.4, -0.2) is 11.2 Å². The molecule has 0 amide bonds. The minimum atomic E-state index is 0.204. The molecule has 6 nitrogen and oxygen atoms in total. The van der Waals surface area contributed by atoms with Crippen LogP contribution in [-0.2, 0) is 0 Å². The summed E-state index contributed by atoms with van der Waals surface area (Å²) < 4.78 is 11.7. The van der Waals surface area contributed by atoms with Crippen LogP contribution < -0.4 is 19.7 Å². The number of ether oxygens (including phenoxy) is 2. The molecular formula is C21H14Cl3N3O3. The summed E-state index contributed by atoms with van der Waals surface area (Å²) in [4.78, 5) is 5.72. The third kappa shape index (κ3) is 5.51. The highest BCUT2D eigenvalue weighted by Gasteiger charge is 2.19. The zero-order valence-electron chi connectivity index (χ0n) is 15.3. The normalized spacial score (nSPS) is 13.1. The van der Waals surface area contributed by atoms with Gasteiger partial charge in [0.2, 0.25) is 11.8 Å². The Morgan fingerprint density at radius 1 is 0.700 bits per heavy atom. The Balaban J connectivity index is 1.58. The van der Waals surface area contributed by atoms with E-state index in [-0.39, 0.29) is 5.90 Å². The van der Waals surface area contributed by atoms with E-state index in [0.717, 1.165) is 5.28 Å². The highest BCUT2D eigenvalue weighted by molar-refractivity contribution is 6.31. The second kappa shape index (κ2) is 9.17. The van der Waals surface area contributed by atoms with E-state index in [0.29, 0.717) is 38.2 Å². The van der Waals surface area contributed by atoms with Gasteiger partial charge in [-0.2, -0.15) is 0 Å². The molecule has 1 aliphatic rings. The monoisotopic (exact) mass is 461 g/mol. The van der Waals surface area contributed by atoms with Crippen molar-refractivity contribution in [2.75, 3.05) is 0 Å². The van der Waals surface area contributed by atoms with Gasteiger partial charge in [0, 0.05) is 21.1 Å². The van der Waals surface area contributed by atoms with Crippen molar-refractivity contribution in [3.63, 3.8) is 0 Å². The first-order valence-corrected chi connectivity index (χ1v) is 9.84. The summed E-state index contributed by atoms with van der Waals surface area (Å²) in [7, 11) is 0. The average molecular weight is 463 g/mol. The van der Waals surface area contributed by atoms with Gasteiger partial charge in [-0.15, -0.1) is 0 Å². The number of rotatable bonds is 5. The third-order valence-corrected chi connectivity index (χ3v) is 4.39. The second-order valence-corrected chi connectivity index (χ2v) is 7.31. The summed E-state index contributed by atoms with van der Waals surface area (Å²) in [6, 6.07) is 20.8. The van der Waals surface area contributed by atoms with Crippen molar-refractivity contribution in [2.45, 2.75) is 0 Å².